The minimum absolute atomic E-state index is 0.00833. The second-order valence-corrected chi connectivity index (χ2v) is 11.0. The lowest BCUT2D eigenvalue weighted by molar-refractivity contribution is -0.133. The number of hydrogen-bond donors (Lipinski definition) is 1. The van der Waals surface area contributed by atoms with Crippen LogP contribution in [0.4, 0.5) is 19.3 Å². The van der Waals surface area contributed by atoms with Crippen molar-refractivity contribution in [3.8, 4) is 16.9 Å². The van der Waals surface area contributed by atoms with E-state index < -0.39 is 35.5 Å². The fourth-order valence-corrected chi connectivity index (χ4v) is 5.91. The summed E-state index contributed by atoms with van der Waals surface area (Å²) in [5.41, 5.74) is -0.411. The summed E-state index contributed by atoms with van der Waals surface area (Å²) in [6.07, 6.45) is 2.84. The number of amides is 3. The first kappa shape index (κ1) is 30.9. The van der Waals surface area contributed by atoms with Crippen LogP contribution in [0.3, 0.4) is 0 Å². The van der Waals surface area contributed by atoms with E-state index in [1.807, 2.05) is 12.1 Å². The van der Waals surface area contributed by atoms with Crippen molar-refractivity contribution in [1.82, 2.24) is 18.9 Å². The minimum Gasteiger partial charge on any atom is -0.497 e. The predicted octanol–water partition coefficient (Wildman–Crippen LogP) is 3.25. The molecule has 0 spiro atoms. The number of piperidine rings is 1. The van der Waals surface area contributed by atoms with Gasteiger partial charge in [0, 0.05) is 50.2 Å². The molecule has 2 aliphatic rings. The van der Waals surface area contributed by atoms with Crippen molar-refractivity contribution >= 4 is 17.6 Å². The molecule has 0 bridgehead atoms. The summed E-state index contributed by atoms with van der Waals surface area (Å²) < 4.78 is 41.2. The number of likely N-dealkylation sites (tertiary alicyclic amines) is 1. The van der Waals surface area contributed by atoms with Gasteiger partial charge in [0.1, 0.15) is 12.3 Å². The average Bonchev–Trinajstić information content (AvgIpc) is 3.17. The molecule has 0 aliphatic carbocycles. The lowest BCUT2D eigenvalue weighted by Crippen LogP contribution is -2.51. The summed E-state index contributed by atoms with van der Waals surface area (Å²) in [4.78, 5) is 56.6. The molecule has 0 saturated carbocycles. The SMILES string of the molecule is COC[C@H](C)n1c(=O)c(-c2cccc(F)c2F)cn(CC(=O)N2CCC(N3CCc4cc(OC)ccc4NC3=O)CC2)c1=O. The van der Waals surface area contributed by atoms with Gasteiger partial charge >= 0.3 is 11.7 Å². The molecule has 2 aliphatic heterocycles. The van der Waals surface area contributed by atoms with Gasteiger partial charge in [-0.25, -0.2) is 18.4 Å². The van der Waals surface area contributed by atoms with Gasteiger partial charge in [0.05, 0.1) is 25.3 Å². The van der Waals surface area contributed by atoms with Crippen molar-refractivity contribution in [2.24, 2.45) is 0 Å². The summed E-state index contributed by atoms with van der Waals surface area (Å²) in [6, 6.07) is 7.96. The molecule has 13 heteroatoms. The molecule has 1 N–H and O–H groups in total. The van der Waals surface area contributed by atoms with Gasteiger partial charge in [0.2, 0.25) is 5.91 Å². The second kappa shape index (κ2) is 13.0. The van der Waals surface area contributed by atoms with E-state index in [1.54, 1.807) is 29.9 Å². The molecule has 1 aromatic heterocycles. The van der Waals surface area contributed by atoms with Crippen LogP contribution in [0.1, 0.15) is 31.4 Å². The van der Waals surface area contributed by atoms with Crippen molar-refractivity contribution in [2.75, 3.05) is 45.8 Å². The third-order valence-corrected chi connectivity index (χ3v) is 8.28. The number of aromatic nitrogens is 2. The summed E-state index contributed by atoms with van der Waals surface area (Å²) in [7, 11) is 3.00. The maximum atomic E-state index is 14.7. The first-order chi connectivity index (χ1) is 21.1. The van der Waals surface area contributed by atoms with Crippen LogP contribution >= 0.6 is 0 Å². The van der Waals surface area contributed by atoms with Crippen LogP contribution in [-0.2, 0) is 22.5 Å². The Labute approximate surface area is 252 Å². The number of fused-ring (bicyclic) bond motifs is 1. The van der Waals surface area contributed by atoms with Gasteiger partial charge < -0.3 is 24.6 Å². The van der Waals surface area contributed by atoms with Crippen LogP contribution in [0.15, 0.2) is 52.2 Å². The van der Waals surface area contributed by atoms with Gasteiger partial charge in [-0.1, -0.05) is 12.1 Å². The Morgan fingerprint density at radius 3 is 2.50 bits per heavy atom. The summed E-state index contributed by atoms with van der Waals surface area (Å²) in [6.45, 7) is 2.41. The van der Waals surface area contributed by atoms with Gasteiger partial charge in [0.15, 0.2) is 11.6 Å². The third kappa shape index (κ3) is 6.09. The van der Waals surface area contributed by atoms with E-state index in [2.05, 4.69) is 5.32 Å². The highest BCUT2D eigenvalue weighted by Gasteiger charge is 2.32. The number of anilines is 1. The molecule has 1 atom stereocenters. The third-order valence-electron chi connectivity index (χ3n) is 8.28. The van der Waals surface area contributed by atoms with Crippen molar-refractivity contribution < 1.29 is 27.8 Å². The van der Waals surface area contributed by atoms with Gasteiger partial charge in [-0.15, -0.1) is 0 Å². The number of hydrogen-bond acceptors (Lipinski definition) is 6. The molecule has 0 unspecified atom stereocenters. The number of halogens is 2. The number of rotatable bonds is 8. The van der Waals surface area contributed by atoms with Crippen molar-refractivity contribution in [3.63, 3.8) is 0 Å². The lowest BCUT2D eigenvalue weighted by atomic mass is 10.0. The van der Waals surface area contributed by atoms with Crippen molar-refractivity contribution in [2.45, 2.75) is 44.8 Å². The number of benzene rings is 2. The molecule has 0 radical (unpaired) electrons. The van der Waals surface area contributed by atoms with Crippen molar-refractivity contribution in [1.29, 1.82) is 0 Å². The molecule has 11 nitrogen and oxygen atoms in total. The van der Waals surface area contributed by atoms with Crippen LogP contribution < -0.4 is 21.3 Å². The first-order valence-corrected chi connectivity index (χ1v) is 14.4. The summed E-state index contributed by atoms with van der Waals surface area (Å²) >= 11 is 0. The topological polar surface area (TPSA) is 115 Å². The van der Waals surface area contributed by atoms with E-state index in [0.29, 0.717) is 44.6 Å². The Kier molecular flexibility index (Phi) is 9.14. The molecule has 3 heterocycles. The quantitative estimate of drug-likeness (QED) is 0.418. The zero-order valence-corrected chi connectivity index (χ0v) is 24.8. The number of methoxy groups -OCH3 is 2. The lowest BCUT2D eigenvalue weighted by Gasteiger charge is -2.38. The molecule has 3 amide bonds. The highest BCUT2D eigenvalue weighted by atomic mass is 19.2. The number of nitrogens with one attached hydrogen (secondary N) is 1. The highest BCUT2D eigenvalue weighted by Crippen LogP contribution is 2.28. The van der Waals surface area contributed by atoms with E-state index in [4.69, 9.17) is 9.47 Å². The molecule has 2 aromatic carbocycles. The smallest absolute Gasteiger partial charge is 0.331 e. The second-order valence-electron chi connectivity index (χ2n) is 11.0. The van der Waals surface area contributed by atoms with Crippen LogP contribution in [0.2, 0.25) is 0 Å². The van der Waals surface area contributed by atoms with E-state index >= 15 is 0 Å². The number of urea groups is 1. The number of nitrogens with zero attached hydrogens (tertiary/aromatic N) is 4. The Hall–Kier alpha value is -4.52. The maximum absolute atomic E-state index is 14.7. The number of carbonyl (C=O) groups excluding carboxylic acids is 2. The molecule has 1 saturated heterocycles. The van der Waals surface area contributed by atoms with E-state index in [1.165, 1.54) is 19.2 Å². The Bertz CT molecular complexity index is 1680. The molecule has 5 rings (SSSR count). The minimum atomic E-state index is -1.23. The molecular formula is C31H35F2N5O6. The zero-order chi connectivity index (χ0) is 31.5. The molecule has 44 heavy (non-hydrogen) atoms. The molecule has 1 fully saturated rings. The number of ether oxygens (including phenoxy) is 2. The van der Waals surface area contributed by atoms with E-state index in [-0.39, 0.29) is 35.7 Å². The fourth-order valence-electron chi connectivity index (χ4n) is 5.91. The zero-order valence-electron chi connectivity index (χ0n) is 24.8. The maximum Gasteiger partial charge on any atom is 0.331 e. The van der Waals surface area contributed by atoms with Gasteiger partial charge in [-0.2, -0.15) is 0 Å². The van der Waals surface area contributed by atoms with Crippen LogP contribution in [0, 0.1) is 11.6 Å². The molecule has 234 valence electrons. The van der Waals surface area contributed by atoms with Crippen molar-refractivity contribution in [3.05, 3.63) is 80.6 Å². The highest BCUT2D eigenvalue weighted by molar-refractivity contribution is 5.91. The monoisotopic (exact) mass is 611 g/mol. The average molecular weight is 612 g/mol. The van der Waals surface area contributed by atoms with Crippen LogP contribution in [0.5, 0.6) is 5.75 Å². The van der Waals surface area contributed by atoms with E-state index in [0.717, 1.165) is 32.6 Å². The normalized spacial score (nSPS) is 16.2. The standard InChI is InChI=1S/C31H35F2N5O6/c1-19(18-43-2)38-29(40)24(23-5-4-6-25(32)28(23)33)16-36(31(38)42)17-27(39)35-12-10-21(11-13-35)37-14-9-20-15-22(44-3)7-8-26(20)34-30(37)41/h4-8,15-16,19,21H,9-14,17-18H2,1-3H3,(H,34,41)/t19-/m0/s1. The van der Waals surface area contributed by atoms with Gasteiger partial charge in [-0.3, -0.25) is 18.7 Å². The van der Waals surface area contributed by atoms with Crippen LogP contribution in [0.25, 0.3) is 11.1 Å². The fraction of sp³-hybridized carbons (Fsp3) is 0.419. The largest absolute Gasteiger partial charge is 0.497 e. The predicted molar refractivity (Wildman–Crippen MR) is 159 cm³/mol. The van der Waals surface area contributed by atoms with Gasteiger partial charge in [-0.05, 0) is 56.0 Å². The Morgan fingerprint density at radius 2 is 1.80 bits per heavy atom. The first-order valence-electron chi connectivity index (χ1n) is 14.4. The summed E-state index contributed by atoms with van der Waals surface area (Å²) in [5, 5.41) is 2.97. The van der Waals surface area contributed by atoms with E-state index in [9.17, 15) is 28.0 Å². The number of carbonyl (C=O) groups is 2. The molecule has 3 aromatic rings. The Balaban J connectivity index is 1.32. The van der Waals surface area contributed by atoms with Gasteiger partial charge in [0.25, 0.3) is 5.56 Å². The summed E-state index contributed by atoms with van der Waals surface area (Å²) in [5.74, 6) is -2.03. The van der Waals surface area contributed by atoms with Crippen LogP contribution in [-0.4, -0.2) is 77.4 Å². The molecular weight excluding hydrogens is 576 g/mol. The Morgan fingerprint density at radius 1 is 1.05 bits per heavy atom.